The number of hydrogen-bond donors (Lipinski definition) is 2. The highest BCUT2D eigenvalue weighted by Crippen LogP contribution is 2.20. The smallest absolute Gasteiger partial charge is 0.306 e. The molecule has 0 bridgehead atoms. The number of carbonyl (C=O) groups is 2. The van der Waals surface area contributed by atoms with Gasteiger partial charge in [0.1, 0.15) is 24.1 Å². The number of H-pyrrole nitrogens is 1. The van der Waals surface area contributed by atoms with Gasteiger partial charge >= 0.3 is 11.9 Å². The first kappa shape index (κ1) is 55.4. The number of hydrogen-bond acceptors (Lipinski definition) is 9. The number of fused-ring (bicyclic) bond motifs is 1. The molecule has 62 heavy (non-hydrogen) atoms. The fourth-order valence-electron chi connectivity index (χ4n) is 8.57. The van der Waals surface area contributed by atoms with E-state index in [1.54, 1.807) is 12.7 Å². The molecule has 2 aromatic rings. The molecule has 2 aromatic heterocycles. The minimum absolute atomic E-state index is 0.0102. The number of carbonyl (C=O) groups excluding carboxylic acids is 2. The van der Waals surface area contributed by atoms with Crippen LogP contribution in [0.25, 0.3) is 11.2 Å². The Labute approximate surface area is 380 Å². The molecule has 2 heterocycles. The predicted molar refractivity (Wildman–Crippen MR) is 261 cm³/mol. The van der Waals surface area contributed by atoms with Crippen molar-refractivity contribution in [3.05, 3.63) is 12.7 Å². The first-order valence-corrected chi connectivity index (χ1v) is 26.5. The zero-order valence-electron chi connectivity index (χ0n) is 40.8. The third kappa shape index (κ3) is 29.6. The molecule has 1 unspecified atom stereocenters. The quantitative estimate of drug-likeness (QED) is 0.0495. The maximum atomic E-state index is 12.9. The summed E-state index contributed by atoms with van der Waals surface area (Å²) in [4.78, 5) is 44.1. The lowest BCUT2D eigenvalue weighted by Gasteiger charge is -2.22. The van der Waals surface area contributed by atoms with Crippen LogP contribution in [-0.4, -0.2) is 75.2 Å². The molecule has 10 heteroatoms. The number of unbranched alkanes of at least 4 members (excludes halogenated alkanes) is 23. The van der Waals surface area contributed by atoms with Crippen LogP contribution in [0, 0.1) is 0 Å². The Kier molecular flexibility index (Phi) is 35.6. The van der Waals surface area contributed by atoms with Crippen LogP contribution < -0.4 is 5.32 Å². The molecule has 0 aliphatic heterocycles. The maximum absolute atomic E-state index is 12.9. The van der Waals surface area contributed by atoms with Crippen molar-refractivity contribution in [1.82, 2.24) is 24.8 Å². The van der Waals surface area contributed by atoms with Crippen molar-refractivity contribution >= 4 is 28.9 Å². The lowest BCUT2D eigenvalue weighted by atomic mass is 10.0. The van der Waals surface area contributed by atoms with Crippen LogP contribution in [0.2, 0.25) is 0 Å². The number of aromatic amines is 1. The van der Waals surface area contributed by atoms with E-state index in [0.29, 0.717) is 18.5 Å². The Morgan fingerprint density at radius 2 is 0.968 bits per heavy atom. The Morgan fingerprint density at radius 3 is 1.48 bits per heavy atom. The number of nitrogens with one attached hydrogen (secondary N) is 2. The van der Waals surface area contributed by atoms with E-state index in [1.165, 1.54) is 135 Å². The monoisotopic (exact) mass is 869 g/mol. The van der Waals surface area contributed by atoms with Crippen LogP contribution in [-0.2, 0) is 19.1 Å². The molecule has 10 nitrogen and oxygen atoms in total. The van der Waals surface area contributed by atoms with E-state index in [1.807, 2.05) is 0 Å². The van der Waals surface area contributed by atoms with Gasteiger partial charge in [0.2, 0.25) is 0 Å². The van der Waals surface area contributed by atoms with Gasteiger partial charge in [0.25, 0.3) is 0 Å². The van der Waals surface area contributed by atoms with Crippen molar-refractivity contribution < 1.29 is 19.1 Å². The number of aromatic nitrogens is 4. The van der Waals surface area contributed by atoms with E-state index in [2.05, 4.69) is 57.8 Å². The summed E-state index contributed by atoms with van der Waals surface area (Å²) < 4.78 is 11.9. The Morgan fingerprint density at radius 1 is 0.532 bits per heavy atom. The van der Waals surface area contributed by atoms with Crippen molar-refractivity contribution in [3.63, 3.8) is 0 Å². The number of ether oxygens (including phenoxy) is 2. The summed E-state index contributed by atoms with van der Waals surface area (Å²) in [7, 11) is 0. The van der Waals surface area contributed by atoms with E-state index >= 15 is 0 Å². The molecule has 1 atom stereocenters. The summed E-state index contributed by atoms with van der Waals surface area (Å²) in [5.41, 5.74) is 1.54. The highest BCUT2D eigenvalue weighted by molar-refractivity contribution is 5.81. The molecule has 0 saturated carbocycles. The standard InChI is InChI=1S/C52H96N6O4/c1-5-9-12-15-20-27-35-46(8-4)61-48(59)38-30-23-18-25-32-41-58(43-34-40-53-51-50-52(55-44-54-50)57-45-56-51)42-33-26-19-24-31-39-49(60)62-47(36-28-21-16-13-10-6-2)37-29-22-17-14-11-7-3/h44-47H,5-43H2,1-4H3,(H2,53,54,55,56,57). The second kappa shape index (κ2) is 39.8. The summed E-state index contributed by atoms with van der Waals surface area (Å²) >= 11 is 0. The number of nitrogens with zero attached hydrogens (tertiary/aromatic N) is 4. The molecule has 0 aromatic carbocycles. The SMILES string of the molecule is CCCCCCCCC(CC)OC(=O)CCCCCCCN(CCCCCCCC(=O)OC(CCCCCCCC)CCCCCCCC)CCCNc1ncnc2nc[nH]c12. The van der Waals surface area contributed by atoms with Gasteiger partial charge in [0, 0.05) is 19.4 Å². The van der Waals surface area contributed by atoms with Crippen molar-refractivity contribution in [3.8, 4) is 0 Å². The number of esters is 2. The number of anilines is 1. The summed E-state index contributed by atoms with van der Waals surface area (Å²) in [5.74, 6) is 0.816. The van der Waals surface area contributed by atoms with Crippen molar-refractivity contribution in [2.75, 3.05) is 31.5 Å². The third-order valence-electron chi connectivity index (χ3n) is 12.6. The summed E-state index contributed by atoms with van der Waals surface area (Å²) in [5, 5.41) is 3.49. The molecule has 0 spiro atoms. The average molecular weight is 869 g/mol. The zero-order valence-corrected chi connectivity index (χ0v) is 40.8. The summed E-state index contributed by atoms with van der Waals surface area (Å²) in [6.07, 6.45) is 43.6. The molecule has 0 radical (unpaired) electrons. The number of imidazole rings is 1. The topological polar surface area (TPSA) is 122 Å². The molecule has 0 aliphatic rings. The molecule has 358 valence electrons. The van der Waals surface area contributed by atoms with Crippen molar-refractivity contribution in [2.24, 2.45) is 0 Å². The predicted octanol–water partition coefficient (Wildman–Crippen LogP) is 14.6. The number of rotatable bonds is 45. The molecule has 2 rings (SSSR count). The zero-order chi connectivity index (χ0) is 44.6. The van der Waals surface area contributed by atoms with Gasteiger partial charge in [-0.2, -0.15) is 0 Å². The minimum atomic E-state index is -0.0102. The molecule has 0 saturated heterocycles. The van der Waals surface area contributed by atoms with Crippen molar-refractivity contribution in [1.29, 1.82) is 0 Å². The van der Waals surface area contributed by atoms with Crippen LogP contribution in [0.3, 0.4) is 0 Å². The van der Waals surface area contributed by atoms with Gasteiger partial charge in [-0.25, -0.2) is 15.0 Å². The Hall–Kier alpha value is -2.75. The fourth-order valence-corrected chi connectivity index (χ4v) is 8.57. The average Bonchev–Trinajstić information content (AvgIpc) is 3.77. The van der Waals surface area contributed by atoms with Crippen LogP contribution in [0.5, 0.6) is 0 Å². The molecule has 2 N–H and O–H groups in total. The fraction of sp³-hybridized carbons (Fsp3) is 0.865. The summed E-state index contributed by atoms with van der Waals surface area (Å²) in [6.45, 7) is 13.0. The van der Waals surface area contributed by atoms with Gasteiger partial charge in [-0.05, 0) is 96.7 Å². The molecular weight excluding hydrogens is 773 g/mol. The highest BCUT2D eigenvalue weighted by atomic mass is 16.5. The second-order valence-corrected chi connectivity index (χ2v) is 18.3. The first-order valence-electron chi connectivity index (χ1n) is 26.5. The molecule has 0 amide bonds. The van der Waals surface area contributed by atoms with E-state index in [9.17, 15) is 9.59 Å². The molecule has 0 aliphatic carbocycles. The first-order chi connectivity index (χ1) is 30.5. The third-order valence-corrected chi connectivity index (χ3v) is 12.6. The van der Waals surface area contributed by atoms with E-state index in [4.69, 9.17) is 9.47 Å². The Bertz CT molecular complexity index is 1310. The van der Waals surface area contributed by atoms with E-state index in [-0.39, 0.29) is 24.1 Å². The largest absolute Gasteiger partial charge is 0.462 e. The van der Waals surface area contributed by atoms with Gasteiger partial charge < -0.3 is 24.7 Å². The van der Waals surface area contributed by atoms with Crippen LogP contribution >= 0.6 is 0 Å². The van der Waals surface area contributed by atoms with E-state index in [0.717, 1.165) is 115 Å². The van der Waals surface area contributed by atoms with Gasteiger partial charge in [-0.3, -0.25) is 9.59 Å². The van der Waals surface area contributed by atoms with Gasteiger partial charge in [0.15, 0.2) is 11.5 Å². The van der Waals surface area contributed by atoms with Crippen molar-refractivity contribution in [2.45, 2.75) is 265 Å². The Balaban J connectivity index is 1.68. The lowest BCUT2D eigenvalue weighted by Crippen LogP contribution is -2.28. The van der Waals surface area contributed by atoms with Crippen LogP contribution in [0.15, 0.2) is 12.7 Å². The second-order valence-electron chi connectivity index (χ2n) is 18.3. The maximum Gasteiger partial charge on any atom is 0.306 e. The lowest BCUT2D eigenvalue weighted by molar-refractivity contribution is -0.150. The normalized spacial score (nSPS) is 12.2. The minimum Gasteiger partial charge on any atom is -0.462 e. The summed E-state index contributed by atoms with van der Waals surface area (Å²) in [6, 6.07) is 0. The highest BCUT2D eigenvalue weighted by Gasteiger charge is 2.15. The van der Waals surface area contributed by atoms with Gasteiger partial charge in [0.05, 0.1) is 6.33 Å². The van der Waals surface area contributed by atoms with Gasteiger partial charge in [-0.1, -0.05) is 163 Å². The molecule has 0 fully saturated rings. The van der Waals surface area contributed by atoms with Crippen LogP contribution in [0.1, 0.15) is 252 Å². The molecular formula is C52H96N6O4. The van der Waals surface area contributed by atoms with Gasteiger partial charge in [-0.15, -0.1) is 0 Å². The van der Waals surface area contributed by atoms with Crippen LogP contribution in [0.4, 0.5) is 5.82 Å². The van der Waals surface area contributed by atoms with E-state index < -0.39 is 0 Å².